The Bertz CT molecular complexity index is 775. The second-order valence-electron chi connectivity index (χ2n) is 4.35. The minimum Gasteiger partial charge on any atom is -0.338 e. The van der Waals surface area contributed by atoms with E-state index in [1.165, 1.54) is 12.1 Å². The topological polar surface area (TPSA) is 54.7 Å². The van der Waals surface area contributed by atoms with Crippen LogP contribution in [0.3, 0.4) is 0 Å². The van der Waals surface area contributed by atoms with Gasteiger partial charge in [-0.25, -0.2) is 13.8 Å². The standard InChI is InChI=1S/C14H10BrF2N3/c15-8-4-9(16)12(10(17)5-8)14-19-11-3-1-2-7(6-18)13(11)20-14/h1-5H,6,18H2,(H,19,20). The van der Waals surface area contributed by atoms with E-state index in [9.17, 15) is 8.78 Å². The fraction of sp³-hybridized carbons (Fsp3) is 0.0714. The van der Waals surface area contributed by atoms with Gasteiger partial charge in [0.1, 0.15) is 17.5 Å². The van der Waals surface area contributed by atoms with Crippen molar-refractivity contribution in [3.05, 3.63) is 52.0 Å². The summed E-state index contributed by atoms with van der Waals surface area (Å²) < 4.78 is 28.2. The third-order valence-corrected chi connectivity index (χ3v) is 3.52. The molecule has 3 aromatic rings. The smallest absolute Gasteiger partial charge is 0.144 e. The number of halogens is 3. The summed E-state index contributed by atoms with van der Waals surface area (Å²) in [5.74, 6) is -1.20. The van der Waals surface area contributed by atoms with E-state index in [1.807, 2.05) is 12.1 Å². The highest BCUT2D eigenvalue weighted by molar-refractivity contribution is 9.10. The lowest BCUT2D eigenvalue weighted by Crippen LogP contribution is -1.96. The van der Waals surface area contributed by atoms with Crippen LogP contribution in [0.15, 0.2) is 34.8 Å². The molecule has 3 nitrogen and oxygen atoms in total. The predicted molar refractivity (Wildman–Crippen MR) is 77.0 cm³/mol. The van der Waals surface area contributed by atoms with Crippen LogP contribution >= 0.6 is 15.9 Å². The summed E-state index contributed by atoms with van der Waals surface area (Å²) in [6.07, 6.45) is 0. The van der Waals surface area contributed by atoms with E-state index in [0.717, 1.165) is 5.56 Å². The average molecular weight is 338 g/mol. The van der Waals surface area contributed by atoms with Crippen LogP contribution in [0.2, 0.25) is 0 Å². The third kappa shape index (κ3) is 2.10. The molecule has 0 amide bonds. The van der Waals surface area contributed by atoms with Crippen molar-refractivity contribution in [1.82, 2.24) is 9.97 Å². The van der Waals surface area contributed by atoms with Crippen LogP contribution in [0.1, 0.15) is 5.56 Å². The van der Waals surface area contributed by atoms with Gasteiger partial charge in [0, 0.05) is 11.0 Å². The molecule has 0 fully saturated rings. The van der Waals surface area contributed by atoms with Crippen LogP contribution in [0.5, 0.6) is 0 Å². The first-order chi connectivity index (χ1) is 9.60. The number of H-pyrrole nitrogens is 1. The number of aromatic nitrogens is 2. The van der Waals surface area contributed by atoms with Gasteiger partial charge in [0.25, 0.3) is 0 Å². The van der Waals surface area contributed by atoms with Crippen molar-refractivity contribution in [3.8, 4) is 11.4 Å². The summed E-state index contributed by atoms with van der Waals surface area (Å²) in [4.78, 5) is 7.20. The molecule has 0 unspecified atom stereocenters. The zero-order chi connectivity index (χ0) is 14.3. The zero-order valence-electron chi connectivity index (χ0n) is 10.3. The number of para-hydroxylation sites is 1. The molecule has 20 heavy (non-hydrogen) atoms. The van der Waals surface area contributed by atoms with E-state index in [1.54, 1.807) is 6.07 Å². The van der Waals surface area contributed by atoms with Crippen molar-refractivity contribution in [2.45, 2.75) is 6.54 Å². The molecule has 0 bridgehead atoms. The Kier molecular flexibility index (Phi) is 3.27. The number of nitrogens with two attached hydrogens (primary N) is 1. The number of hydrogen-bond donors (Lipinski definition) is 2. The predicted octanol–water partition coefficient (Wildman–Crippen LogP) is 3.73. The molecule has 3 rings (SSSR count). The van der Waals surface area contributed by atoms with Crippen molar-refractivity contribution in [2.75, 3.05) is 0 Å². The van der Waals surface area contributed by atoms with Crippen LogP contribution in [-0.4, -0.2) is 9.97 Å². The van der Waals surface area contributed by atoms with Crippen LogP contribution in [0.4, 0.5) is 8.78 Å². The Hall–Kier alpha value is -1.79. The highest BCUT2D eigenvalue weighted by Gasteiger charge is 2.17. The Morgan fingerprint density at radius 2 is 1.90 bits per heavy atom. The highest BCUT2D eigenvalue weighted by Crippen LogP contribution is 2.29. The molecule has 6 heteroatoms. The van der Waals surface area contributed by atoms with E-state index >= 15 is 0 Å². The average Bonchev–Trinajstić information content (AvgIpc) is 2.80. The lowest BCUT2D eigenvalue weighted by Gasteiger charge is -2.02. The number of nitrogens with one attached hydrogen (secondary N) is 1. The van der Waals surface area contributed by atoms with Crippen molar-refractivity contribution in [3.63, 3.8) is 0 Å². The number of benzene rings is 2. The van der Waals surface area contributed by atoms with Crippen molar-refractivity contribution < 1.29 is 8.78 Å². The Labute approximate surface area is 122 Å². The summed E-state index contributed by atoms with van der Waals surface area (Å²) in [7, 11) is 0. The van der Waals surface area contributed by atoms with Crippen molar-refractivity contribution >= 4 is 27.0 Å². The van der Waals surface area contributed by atoms with Gasteiger partial charge in [-0.05, 0) is 23.8 Å². The second-order valence-corrected chi connectivity index (χ2v) is 5.26. The minimum atomic E-state index is -0.676. The molecule has 2 aromatic carbocycles. The maximum Gasteiger partial charge on any atom is 0.144 e. The molecule has 0 spiro atoms. The van der Waals surface area contributed by atoms with Gasteiger partial charge in [0.2, 0.25) is 0 Å². The largest absolute Gasteiger partial charge is 0.338 e. The fourth-order valence-corrected chi connectivity index (χ4v) is 2.55. The maximum absolute atomic E-state index is 14.0. The Balaban J connectivity index is 2.26. The van der Waals surface area contributed by atoms with Crippen LogP contribution in [0, 0.1) is 11.6 Å². The molecule has 102 valence electrons. The molecule has 0 radical (unpaired) electrons. The summed E-state index contributed by atoms with van der Waals surface area (Å²) in [5, 5.41) is 0. The van der Waals surface area contributed by atoms with E-state index in [0.29, 0.717) is 22.1 Å². The van der Waals surface area contributed by atoms with Gasteiger partial charge in [0.05, 0.1) is 16.6 Å². The second kappa shape index (κ2) is 4.96. The van der Waals surface area contributed by atoms with Gasteiger partial charge in [-0.1, -0.05) is 28.1 Å². The molecule has 1 aromatic heterocycles. The van der Waals surface area contributed by atoms with Crippen LogP contribution in [0.25, 0.3) is 22.4 Å². The summed E-state index contributed by atoms with van der Waals surface area (Å²) in [6.45, 7) is 0.312. The maximum atomic E-state index is 14.0. The zero-order valence-corrected chi connectivity index (χ0v) is 11.8. The summed E-state index contributed by atoms with van der Waals surface area (Å²) in [6, 6.07) is 7.85. The lowest BCUT2D eigenvalue weighted by atomic mass is 10.2. The van der Waals surface area contributed by atoms with Gasteiger partial charge in [-0.2, -0.15) is 0 Å². The normalized spacial score (nSPS) is 11.2. The Morgan fingerprint density at radius 3 is 2.55 bits per heavy atom. The van der Waals surface area contributed by atoms with Gasteiger partial charge in [0.15, 0.2) is 0 Å². The van der Waals surface area contributed by atoms with Gasteiger partial charge in [-0.15, -0.1) is 0 Å². The van der Waals surface area contributed by atoms with Crippen molar-refractivity contribution in [2.24, 2.45) is 5.73 Å². The fourth-order valence-electron chi connectivity index (χ4n) is 2.14. The van der Waals surface area contributed by atoms with Crippen molar-refractivity contribution in [1.29, 1.82) is 0 Å². The minimum absolute atomic E-state index is 0.156. The highest BCUT2D eigenvalue weighted by atomic mass is 79.9. The molecular formula is C14H10BrF2N3. The first-order valence-electron chi connectivity index (χ1n) is 5.92. The third-order valence-electron chi connectivity index (χ3n) is 3.06. The van der Waals surface area contributed by atoms with Crippen LogP contribution in [-0.2, 0) is 6.54 Å². The molecule has 0 aliphatic rings. The molecule has 3 N–H and O–H groups in total. The first-order valence-corrected chi connectivity index (χ1v) is 6.72. The van der Waals surface area contributed by atoms with E-state index in [2.05, 4.69) is 25.9 Å². The quantitative estimate of drug-likeness (QED) is 0.748. The monoisotopic (exact) mass is 337 g/mol. The lowest BCUT2D eigenvalue weighted by molar-refractivity contribution is 0.586. The van der Waals surface area contributed by atoms with Crippen LogP contribution < -0.4 is 5.73 Å². The SMILES string of the molecule is NCc1cccc2[nH]c(-c3c(F)cc(Br)cc3F)nc12. The number of imidazole rings is 1. The van der Waals surface area contributed by atoms with Gasteiger partial charge >= 0.3 is 0 Å². The number of fused-ring (bicyclic) bond motifs is 1. The number of aromatic amines is 1. The van der Waals surface area contributed by atoms with E-state index in [-0.39, 0.29) is 11.4 Å². The van der Waals surface area contributed by atoms with E-state index < -0.39 is 11.6 Å². The molecule has 0 aliphatic heterocycles. The van der Waals surface area contributed by atoms with Gasteiger partial charge < -0.3 is 10.7 Å². The first kappa shape index (κ1) is 13.2. The molecular weight excluding hydrogens is 328 g/mol. The number of rotatable bonds is 2. The molecule has 0 aliphatic carbocycles. The summed E-state index contributed by atoms with van der Waals surface area (Å²) in [5.41, 5.74) is 7.61. The molecule has 0 atom stereocenters. The Morgan fingerprint density at radius 1 is 1.20 bits per heavy atom. The number of hydrogen-bond acceptors (Lipinski definition) is 2. The summed E-state index contributed by atoms with van der Waals surface area (Å²) >= 11 is 3.05. The van der Waals surface area contributed by atoms with Gasteiger partial charge in [-0.3, -0.25) is 0 Å². The number of nitrogens with zero attached hydrogens (tertiary/aromatic N) is 1. The molecule has 0 saturated carbocycles. The molecule has 0 saturated heterocycles. The van der Waals surface area contributed by atoms with E-state index in [4.69, 9.17) is 5.73 Å². The molecule has 1 heterocycles.